The minimum atomic E-state index is 0.449. The fourth-order valence-corrected chi connectivity index (χ4v) is 0.672. The molecule has 1 aromatic rings. The lowest BCUT2D eigenvalue weighted by Gasteiger charge is -1.93. The number of hydrogen-bond acceptors (Lipinski definition) is 2. The van der Waals surface area contributed by atoms with Gasteiger partial charge in [-0.15, -0.1) is 0 Å². The average molecular weight is 160 g/mol. The Labute approximate surface area is 73.1 Å². The van der Waals surface area contributed by atoms with Crippen molar-refractivity contribution in [2.24, 2.45) is 5.92 Å². The second-order valence-electron chi connectivity index (χ2n) is 2.71. The maximum absolute atomic E-state index is 3.87. The van der Waals surface area contributed by atoms with Crippen LogP contribution in [-0.2, 0) is 0 Å². The summed E-state index contributed by atoms with van der Waals surface area (Å²) in [5.74, 6) is 6.59. The molecule has 2 nitrogen and oxygen atoms in total. The largest absolute Gasteiger partial charge is 0.244 e. The van der Waals surface area contributed by atoms with Gasteiger partial charge in [-0.25, -0.2) is 9.97 Å². The van der Waals surface area contributed by atoms with Crippen molar-refractivity contribution in [3.63, 3.8) is 0 Å². The third-order valence-electron chi connectivity index (χ3n) is 1.64. The molecule has 0 fully saturated rings. The third-order valence-corrected chi connectivity index (χ3v) is 1.64. The fraction of sp³-hybridized carbons (Fsp3) is 0.400. The maximum atomic E-state index is 3.87. The van der Waals surface area contributed by atoms with E-state index in [1.54, 1.807) is 12.4 Å². The van der Waals surface area contributed by atoms with Crippen LogP contribution < -0.4 is 0 Å². The Balaban J connectivity index is 2.67. The summed E-state index contributed by atoms with van der Waals surface area (Å²) in [6, 6.07) is 0. The van der Waals surface area contributed by atoms with E-state index in [1.807, 2.05) is 0 Å². The molecule has 0 aromatic carbocycles. The van der Waals surface area contributed by atoms with Crippen LogP contribution in [0.15, 0.2) is 18.7 Å². The number of rotatable bonds is 1. The second-order valence-corrected chi connectivity index (χ2v) is 2.71. The topological polar surface area (TPSA) is 25.8 Å². The van der Waals surface area contributed by atoms with Gasteiger partial charge in [0.2, 0.25) is 0 Å². The number of hydrogen-bond donors (Lipinski definition) is 0. The first kappa shape index (κ1) is 8.73. The highest BCUT2D eigenvalue weighted by molar-refractivity contribution is 5.29. The van der Waals surface area contributed by atoms with Crippen LogP contribution in [0, 0.1) is 17.8 Å². The summed E-state index contributed by atoms with van der Waals surface area (Å²) in [7, 11) is 0. The molecule has 0 N–H and O–H groups in total. The second kappa shape index (κ2) is 4.50. The van der Waals surface area contributed by atoms with Gasteiger partial charge in [-0.05, 0) is 6.42 Å². The molecule has 0 radical (unpaired) electrons. The standard InChI is InChI=1S/C10H12N2/c1-3-9(2)4-5-10-6-11-8-12-7-10/h6-9H,3H2,1-2H3. The van der Waals surface area contributed by atoms with Crippen molar-refractivity contribution in [1.29, 1.82) is 0 Å². The van der Waals surface area contributed by atoms with Crippen molar-refractivity contribution in [3.8, 4) is 11.8 Å². The summed E-state index contributed by atoms with van der Waals surface area (Å²) in [6.45, 7) is 4.23. The zero-order valence-electron chi connectivity index (χ0n) is 7.41. The van der Waals surface area contributed by atoms with Crippen molar-refractivity contribution in [2.75, 3.05) is 0 Å². The molecule has 0 saturated carbocycles. The van der Waals surface area contributed by atoms with Crippen LogP contribution in [0.3, 0.4) is 0 Å². The van der Waals surface area contributed by atoms with Crippen molar-refractivity contribution < 1.29 is 0 Å². The molecule has 1 atom stereocenters. The van der Waals surface area contributed by atoms with Gasteiger partial charge >= 0.3 is 0 Å². The first-order chi connectivity index (χ1) is 5.83. The predicted molar refractivity (Wildman–Crippen MR) is 48.4 cm³/mol. The molecule has 1 aromatic heterocycles. The highest BCUT2D eigenvalue weighted by Crippen LogP contribution is 1.98. The van der Waals surface area contributed by atoms with E-state index in [1.165, 1.54) is 6.33 Å². The van der Waals surface area contributed by atoms with Gasteiger partial charge in [-0.3, -0.25) is 0 Å². The van der Waals surface area contributed by atoms with Crippen molar-refractivity contribution in [2.45, 2.75) is 20.3 Å². The van der Waals surface area contributed by atoms with Gasteiger partial charge in [0.1, 0.15) is 6.33 Å². The van der Waals surface area contributed by atoms with E-state index in [2.05, 4.69) is 35.7 Å². The quantitative estimate of drug-likeness (QED) is 0.586. The molecule has 1 rings (SSSR count). The van der Waals surface area contributed by atoms with Crippen LogP contribution in [0.25, 0.3) is 0 Å². The lowest BCUT2D eigenvalue weighted by atomic mass is 10.1. The fourth-order valence-electron chi connectivity index (χ4n) is 0.672. The molecule has 12 heavy (non-hydrogen) atoms. The van der Waals surface area contributed by atoms with Crippen LogP contribution in [0.2, 0.25) is 0 Å². The number of aromatic nitrogens is 2. The van der Waals surface area contributed by atoms with E-state index < -0.39 is 0 Å². The normalized spacial score (nSPS) is 11.5. The third kappa shape index (κ3) is 2.71. The summed E-state index contributed by atoms with van der Waals surface area (Å²) in [5, 5.41) is 0. The Hall–Kier alpha value is -1.36. The van der Waals surface area contributed by atoms with Crippen LogP contribution >= 0.6 is 0 Å². The first-order valence-electron chi connectivity index (χ1n) is 4.09. The molecule has 1 unspecified atom stereocenters. The highest BCUT2D eigenvalue weighted by atomic mass is 14.8. The monoisotopic (exact) mass is 160 g/mol. The summed E-state index contributed by atoms with van der Waals surface area (Å²) < 4.78 is 0. The van der Waals surface area contributed by atoms with E-state index in [9.17, 15) is 0 Å². The molecule has 0 aliphatic rings. The summed E-state index contributed by atoms with van der Waals surface area (Å²) in [6.07, 6.45) is 6.04. The molecule has 0 amide bonds. The molecule has 0 saturated heterocycles. The van der Waals surface area contributed by atoms with Crippen LogP contribution in [-0.4, -0.2) is 9.97 Å². The molecule has 0 bridgehead atoms. The molecule has 0 aliphatic carbocycles. The SMILES string of the molecule is CCC(C)C#Cc1cncnc1. The molecule has 1 heterocycles. The van der Waals surface area contributed by atoms with Gasteiger partial charge < -0.3 is 0 Å². The zero-order chi connectivity index (χ0) is 8.81. The van der Waals surface area contributed by atoms with E-state index in [-0.39, 0.29) is 0 Å². The molecular weight excluding hydrogens is 148 g/mol. The van der Waals surface area contributed by atoms with Crippen molar-refractivity contribution in [1.82, 2.24) is 9.97 Å². The first-order valence-corrected chi connectivity index (χ1v) is 4.09. The minimum Gasteiger partial charge on any atom is -0.244 e. The van der Waals surface area contributed by atoms with Crippen LogP contribution in [0.5, 0.6) is 0 Å². The van der Waals surface area contributed by atoms with E-state index >= 15 is 0 Å². The highest BCUT2D eigenvalue weighted by Gasteiger charge is 1.89. The Morgan fingerprint density at radius 1 is 1.42 bits per heavy atom. The predicted octanol–water partition coefficient (Wildman–Crippen LogP) is 1.87. The van der Waals surface area contributed by atoms with Gasteiger partial charge in [0, 0.05) is 18.3 Å². The maximum Gasteiger partial charge on any atom is 0.115 e. The van der Waals surface area contributed by atoms with E-state index in [0.29, 0.717) is 5.92 Å². The molecule has 62 valence electrons. The molecular formula is C10H12N2. The van der Waals surface area contributed by atoms with Gasteiger partial charge in [0.25, 0.3) is 0 Å². The van der Waals surface area contributed by atoms with Gasteiger partial charge in [0.15, 0.2) is 0 Å². The van der Waals surface area contributed by atoms with E-state index in [0.717, 1.165) is 12.0 Å². The molecule has 2 heteroatoms. The lowest BCUT2D eigenvalue weighted by Crippen LogP contribution is -1.86. The average Bonchev–Trinajstić information content (AvgIpc) is 2.16. The van der Waals surface area contributed by atoms with Gasteiger partial charge in [-0.1, -0.05) is 25.7 Å². The zero-order valence-corrected chi connectivity index (χ0v) is 7.41. The Morgan fingerprint density at radius 2 is 2.08 bits per heavy atom. The smallest absolute Gasteiger partial charge is 0.115 e. The Morgan fingerprint density at radius 3 is 2.67 bits per heavy atom. The van der Waals surface area contributed by atoms with Crippen LogP contribution in [0.4, 0.5) is 0 Å². The lowest BCUT2D eigenvalue weighted by molar-refractivity contribution is 0.723. The summed E-state index contributed by atoms with van der Waals surface area (Å²) in [4.78, 5) is 7.75. The number of nitrogens with zero attached hydrogens (tertiary/aromatic N) is 2. The van der Waals surface area contributed by atoms with Gasteiger partial charge in [-0.2, -0.15) is 0 Å². The Bertz CT molecular complexity index is 282. The summed E-state index contributed by atoms with van der Waals surface area (Å²) >= 11 is 0. The van der Waals surface area contributed by atoms with Crippen molar-refractivity contribution >= 4 is 0 Å². The Kier molecular flexibility index (Phi) is 3.28. The van der Waals surface area contributed by atoms with Crippen LogP contribution in [0.1, 0.15) is 25.8 Å². The van der Waals surface area contributed by atoms with Gasteiger partial charge in [0.05, 0.1) is 5.56 Å². The molecule has 0 spiro atoms. The van der Waals surface area contributed by atoms with E-state index in [4.69, 9.17) is 0 Å². The molecule has 0 aliphatic heterocycles. The summed E-state index contributed by atoms with van der Waals surface area (Å²) in [5.41, 5.74) is 0.887. The minimum absolute atomic E-state index is 0.449. The van der Waals surface area contributed by atoms with Crippen molar-refractivity contribution in [3.05, 3.63) is 24.3 Å².